The van der Waals surface area contributed by atoms with Crippen LogP contribution in [0.1, 0.15) is 27.6 Å². The second-order valence-corrected chi connectivity index (χ2v) is 6.89. The van der Waals surface area contributed by atoms with Crippen molar-refractivity contribution in [1.82, 2.24) is 0 Å². The summed E-state index contributed by atoms with van der Waals surface area (Å²) in [6, 6.07) is 18.0. The number of thiophene rings is 1. The molecule has 0 radical (unpaired) electrons. The predicted molar refractivity (Wildman–Crippen MR) is 105 cm³/mol. The number of ether oxygens (including phenoxy) is 1. The molecule has 6 heteroatoms. The third-order valence-electron chi connectivity index (χ3n) is 3.60. The average Bonchev–Trinajstić information content (AvgIpc) is 3.06. The molecule has 1 aromatic heterocycles. The highest BCUT2D eigenvalue weighted by Gasteiger charge is 2.20. The minimum Gasteiger partial charge on any atom is -0.462 e. The number of carbonyl (C=O) groups is 2. The number of nitrogens with one attached hydrogen (secondary N) is 1. The molecule has 1 amide bonds. The molecule has 0 atom stereocenters. The molecule has 0 bridgehead atoms. The Hall–Kier alpha value is -2.63. The van der Waals surface area contributed by atoms with Gasteiger partial charge in [0.15, 0.2) is 0 Å². The fraction of sp³-hybridized carbons (Fsp3) is 0.100. The number of hydrogen-bond acceptors (Lipinski definition) is 4. The maximum atomic E-state index is 12.5. The summed E-state index contributed by atoms with van der Waals surface area (Å²) in [5.41, 5.74) is 1.72. The number of anilines is 1. The molecule has 0 fully saturated rings. The van der Waals surface area contributed by atoms with E-state index in [9.17, 15) is 9.59 Å². The second-order valence-electron chi connectivity index (χ2n) is 5.40. The first-order valence-electron chi connectivity index (χ1n) is 8.01. The molecule has 0 saturated carbocycles. The zero-order chi connectivity index (χ0) is 18.5. The van der Waals surface area contributed by atoms with E-state index in [1.807, 2.05) is 30.3 Å². The van der Waals surface area contributed by atoms with Gasteiger partial charge in [0.1, 0.15) is 5.00 Å². The molecular formula is C20H16ClNO3S. The molecule has 1 N–H and O–H groups in total. The molecule has 0 aliphatic heterocycles. The van der Waals surface area contributed by atoms with E-state index in [1.54, 1.807) is 37.3 Å². The van der Waals surface area contributed by atoms with Crippen molar-refractivity contribution < 1.29 is 14.3 Å². The molecule has 0 unspecified atom stereocenters. The molecule has 3 rings (SSSR count). The van der Waals surface area contributed by atoms with Crippen LogP contribution in [0.4, 0.5) is 5.00 Å². The van der Waals surface area contributed by atoms with Crippen molar-refractivity contribution >= 4 is 39.8 Å². The topological polar surface area (TPSA) is 55.4 Å². The number of hydrogen-bond donors (Lipinski definition) is 1. The number of rotatable bonds is 5. The first-order chi connectivity index (χ1) is 12.6. The standard InChI is InChI=1S/C20H16ClNO3S/c1-2-25-20(24)16-12-17(13-7-4-3-5-8-13)26-19(16)22-18(23)14-9-6-10-15(21)11-14/h3-12H,2H2,1H3,(H,22,23). The first kappa shape index (κ1) is 18.2. The van der Waals surface area contributed by atoms with Crippen molar-refractivity contribution in [3.8, 4) is 10.4 Å². The molecule has 26 heavy (non-hydrogen) atoms. The molecule has 0 aliphatic rings. The SMILES string of the molecule is CCOC(=O)c1cc(-c2ccccc2)sc1NC(=O)c1cccc(Cl)c1. The van der Waals surface area contributed by atoms with Gasteiger partial charge in [0.25, 0.3) is 5.91 Å². The molecule has 2 aromatic carbocycles. The Morgan fingerprint density at radius 2 is 1.85 bits per heavy atom. The lowest BCUT2D eigenvalue weighted by Gasteiger charge is -2.06. The molecule has 4 nitrogen and oxygen atoms in total. The normalized spacial score (nSPS) is 10.4. The maximum Gasteiger partial charge on any atom is 0.341 e. The van der Waals surface area contributed by atoms with Gasteiger partial charge in [-0.25, -0.2) is 4.79 Å². The van der Waals surface area contributed by atoms with Crippen LogP contribution >= 0.6 is 22.9 Å². The van der Waals surface area contributed by atoms with E-state index < -0.39 is 5.97 Å². The molecule has 0 saturated heterocycles. The van der Waals surface area contributed by atoms with Gasteiger partial charge in [-0.1, -0.05) is 48.0 Å². The van der Waals surface area contributed by atoms with Crippen LogP contribution in [0.15, 0.2) is 60.7 Å². The molecule has 132 valence electrons. The van der Waals surface area contributed by atoms with Crippen LogP contribution < -0.4 is 5.32 Å². The summed E-state index contributed by atoms with van der Waals surface area (Å²) in [6.45, 7) is 2.00. The molecule has 1 heterocycles. The summed E-state index contributed by atoms with van der Waals surface area (Å²) >= 11 is 7.28. The van der Waals surface area contributed by atoms with Gasteiger partial charge in [-0.2, -0.15) is 0 Å². The van der Waals surface area contributed by atoms with Crippen molar-refractivity contribution in [2.45, 2.75) is 6.92 Å². The third-order valence-corrected chi connectivity index (χ3v) is 4.93. The van der Waals surface area contributed by atoms with Crippen LogP contribution in [-0.2, 0) is 4.74 Å². The summed E-state index contributed by atoms with van der Waals surface area (Å²) in [5, 5.41) is 3.73. The van der Waals surface area contributed by atoms with Gasteiger partial charge < -0.3 is 10.1 Å². The number of carbonyl (C=O) groups excluding carboxylic acids is 2. The van der Waals surface area contributed by atoms with E-state index in [1.165, 1.54) is 11.3 Å². The number of halogens is 1. The highest BCUT2D eigenvalue weighted by atomic mass is 35.5. The van der Waals surface area contributed by atoms with Crippen molar-refractivity contribution in [2.75, 3.05) is 11.9 Å². The van der Waals surface area contributed by atoms with Gasteiger partial charge in [-0.05, 0) is 36.8 Å². The Bertz CT molecular complexity index is 937. The first-order valence-corrected chi connectivity index (χ1v) is 9.21. The number of esters is 1. The maximum absolute atomic E-state index is 12.5. The van der Waals surface area contributed by atoms with Crippen LogP contribution in [0, 0.1) is 0 Å². The monoisotopic (exact) mass is 385 g/mol. The Morgan fingerprint density at radius 3 is 2.54 bits per heavy atom. The smallest absolute Gasteiger partial charge is 0.341 e. The Morgan fingerprint density at radius 1 is 1.08 bits per heavy atom. The molecular weight excluding hydrogens is 370 g/mol. The molecule has 3 aromatic rings. The quantitative estimate of drug-likeness (QED) is 0.590. The van der Waals surface area contributed by atoms with Crippen molar-refractivity contribution in [1.29, 1.82) is 0 Å². The molecule has 0 spiro atoms. The van der Waals surface area contributed by atoms with Gasteiger partial charge in [0.05, 0.1) is 12.2 Å². The predicted octanol–water partition coefficient (Wildman–Crippen LogP) is 5.50. The molecule has 0 aliphatic carbocycles. The van der Waals surface area contributed by atoms with E-state index in [0.29, 0.717) is 21.2 Å². The zero-order valence-electron chi connectivity index (χ0n) is 14.0. The lowest BCUT2D eigenvalue weighted by atomic mass is 10.1. The van der Waals surface area contributed by atoms with Gasteiger partial charge in [0, 0.05) is 15.5 Å². The van der Waals surface area contributed by atoms with Gasteiger partial charge >= 0.3 is 5.97 Å². The van der Waals surface area contributed by atoms with Crippen LogP contribution in [0.3, 0.4) is 0 Å². The Kier molecular flexibility index (Phi) is 5.71. The fourth-order valence-electron chi connectivity index (χ4n) is 2.39. The summed E-state index contributed by atoms with van der Waals surface area (Å²) in [5.74, 6) is -0.799. The highest BCUT2D eigenvalue weighted by molar-refractivity contribution is 7.20. The van der Waals surface area contributed by atoms with E-state index in [4.69, 9.17) is 16.3 Å². The van der Waals surface area contributed by atoms with Crippen molar-refractivity contribution in [2.24, 2.45) is 0 Å². The summed E-state index contributed by atoms with van der Waals surface area (Å²) in [4.78, 5) is 25.7. The van der Waals surface area contributed by atoms with Crippen LogP contribution in [0.25, 0.3) is 10.4 Å². The average molecular weight is 386 g/mol. The van der Waals surface area contributed by atoms with Crippen LogP contribution in [0.5, 0.6) is 0 Å². The van der Waals surface area contributed by atoms with Gasteiger partial charge in [-0.3, -0.25) is 4.79 Å². The zero-order valence-corrected chi connectivity index (χ0v) is 15.6. The third kappa shape index (κ3) is 4.12. The van der Waals surface area contributed by atoms with E-state index in [2.05, 4.69) is 5.32 Å². The largest absolute Gasteiger partial charge is 0.462 e. The summed E-state index contributed by atoms with van der Waals surface area (Å²) in [7, 11) is 0. The van der Waals surface area contributed by atoms with Crippen molar-refractivity contribution in [3.05, 3.63) is 76.8 Å². The van der Waals surface area contributed by atoms with E-state index in [0.717, 1.165) is 10.4 Å². The minimum atomic E-state index is -0.465. The number of benzene rings is 2. The summed E-state index contributed by atoms with van der Waals surface area (Å²) in [6.07, 6.45) is 0. The number of amides is 1. The van der Waals surface area contributed by atoms with Crippen LogP contribution in [0.2, 0.25) is 5.02 Å². The van der Waals surface area contributed by atoms with E-state index >= 15 is 0 Å². The fourth-order valence-corrected chi connectivity index (χ4v) is 3.63. The Balaban J connectivity index is 1.95. The summed E-state index contributed by atoms with van der Waals surface area (Å²) < 4.78 is 5.12. The van der Waals surface area contributed by atoms with Gasteiger partial charge in [0.2, 0.25) is 0 Å². The minimum absolute atomic E-state index is 0.261. The van der Waals surface area contributed by atoms with Crippen LogP contribution in [-0.4, -0.2) is 18.5 Å². The lowest BCUT2D eigenvalue weighted by Crippen LogP contribution is -2.14. The highest BCUT2D eigenvalue weighted by Crippen LogP contribution is 2.36. The van der Waals surface area contributed by atoms with Crippen molar-refractivity contribution in [3.63, 3.8) is 0 Å². The lowest BCUT2D eigenvalue weighted by molar-refractivity contribution is 0.0528. The van der Waals surface area contributed by atoms with E-state index in [-0.39, 0.29) is 12.5 Å². The second kappa shape index (κ2) is 8.17. The Labute approximate surface area is 160 Å². The van der Waals surface area contributed by atoms with Gasteiger partial charge in [-0.15, -0.1) is 11.3 Å².